The molecule has 0 unspecified atom stereocenters. The molecule has 5 heteroatoms. The number of carbonyl (C=O) groups is 2. The molecule has 1 aliphatic rings. The Labute approximate surface area is 131 Å². The summed E-state index contributed by atoms with van der Waals surface area (Å²) in [6, 6.07) is 15.7. The maximum atomic E-state index is 11.9. The predicted octanol–water partition coefficient (Wildman–Crippen LogP) is 3.58. The van der Waals surface area contributed by atoms with Crippen molar-refractivity contribution in [2.24, 2.45) is 0 Å². The molecule has 0 radical (unpaired) electrons. The Morgan fingerprint density at radius 1 is 0.955 bits per heavy atom. The lowest BCUT2D eigenvalue weighted by Crippen LogP contribution is -2.28. The molecular formula is C17H12N2O2S. The Kier molecular flexibility index (Phi) is 3.08. The predicted molar refractivity (Wildman–Crippen MR) is 87.7 cm³/mol. The van der Waals surface area contributed by atoms with Crippen LogP contribution in [0, 0.1) is 0 Å². The molecule has 1 saturated heterocycles. The fourth-order valence-electron chi connectivity index (χ4n) is 2.79. The highest BCUT2D eigenvalue weighted by molar-refractivity contribution is 8.14. The number of nitrogens with zero attached hydrogens (tertiary/aromatic N) is 2. The lowest BCUT2D eigenvalue weighted by molar-refractivity contribution is -0.124. The van der Waals surface area contributed by atoms with Crippen LogP contribution in [0.5, 0.6) is 0 Å². The van der Waals surface area contributed by atoms with Crippen molar-refractivity contribution in [2.45, 2.75) is 6.54 Å². The molecule has 0 N–H and O–H groups in total. The molecule has 2 amide bonds. The van der Waals surface area contributed by atoms with Crippen LogP contribution in [-0.2, 0) is 11.3 Å². The van der Waals surface area contributed by atoms with E-state index in [1.807, 2.05) is 48.5 Å². The summed E-state index contributed by atoms with van der Waals surface area (Å²) in [5.41, 5.74) is 2.73. The van der Waals surface area contributed by atoms with Gasteiger partial charge in [0, 0.05) is 10.8 Å². The Bertz CT molecular complexity index is 853. The second-order valence-corrected chi connectivity index (χ2v) is 6.09. The van der Waals surface area contributed by atoms with Gasteiger partial charge in [0.15, 0.2) is 0 Å². The van der Waals surface area contributed by atoms with Gasteiger partial charge in [-0.3, -0.25) is 14.5 Å². The normalized spacial score (nSPS) is 15.2. The number of rotatable bonds is 2. The second-order valence-electron chi connectivity index (χ2n) is 5.16. The largest absolute Gasteiger partial charge is 0.289 e. The number of para-hydroxylation sites is 2. The number of benzene rings is 2. The van der Waals surface area contributed by atoms with Crippen molar-refractivity contribution in [3.05, 3.63) is 54.1 Å². The molecule has 4 nitrogen and oxygen atoms in total. The van der Waals surface area contributed by atoms with Gasteiger partial charge in [-0.1, -0.05) is 48.2 Å². The van der Waals surface area contributed by atoms with Gasteiger partial charge in [-0.25, -0.2) is 4.98 Å². The van der Waals surface area contributed by atoms with Crippen LogP contribution >= 0.6 is 11.8 Å². The van der Waals surface area contributed by atoms with Crippen LogP contribution in [0.2, 0.25) is 0 Å². The second kappa shape index (κ2) is 5.10. The van der Waals surface area contributed by atoms with Crippen molar-refractivity contribution in [1.29, 1.82) is 0 Å². The lowest BCUT2D eigenvalue weighted by atomic mass is 10.0. The summed E-state index contributed by atoms with van der Waals surface area (Å²) < 4.78 is 0. The summed E-state index contributed by atoms with van der Waals surface area (Å²) in [5.74, 6) is 0.111. The van der Waals surface area contributed by atoms with E-state index in [2.05, 4.69) is 4.98 Å². The van der Waals surface area contributed by atoms with E-state index in [4.69, 9.17) is 0 Å². The van der Waals surface area contributed by atoms with Gasteiger partial charge >= 0.3 is 0 Å². The third-order valence-electron chi connectivity index (χ3n) is 3.86. The van der Waals surface area contributed by atoms with E-state index < -0.39 is 0 Å². The fraction of sp³-hybridized carbons (Fsp3) is 0.118. The van der Waals surface area contributed by atoms with Crippen molar-refractivity contribution < 1.29 is 9.59 Å². The van der Waals surface area contributed by atoms with Gasteiger partial charge < -0.3 is 0 Å². The van der Waals surface area contributed by atoms with Crippen molar-refractivity contribution in [1.82, 2.24) is 9.88 Å². The van der Waals surface area contributed by atoms with E-state index >= 15 is 0 Å². The zero-order valence-electron chi connectivity index (χ0n) is 11.7. The minimum atomic E-state index is -0.171. The minimum absolute atomic E-state index is 0.125. The van der Waals surface area contributed by atoms with Crippen LogP contribution in [0.3, 0.4) is 0 Å². The molecule has 2 aromatic carbocycles. The van der Waals surface area contributed by atoms with Gasteiger partial charge in [-0.05, 0) is 17.7 Å². The Morgan fingerprint density at radius 2 is 1.55 bits per heavy atom. The van der Waals surface area contributed by atoms with E-state index in [1.165, 1.54) is 4.90 Å². The molecule has 1 fully saturated rings. The number of fused-ring (bicyclic) bond motifs is 2. The van der Waals surface area contributed by atoms with Crippen LogP contribution in [0.25, 0.3) is 21.8 Å². The fourth-order valence-corrected chi connectivity index (χ4v) is 3.51. The number of carbonyl (C=O) groups excluding carboxylic acids is 2. The van der Waals surface area contributed by atoms with Crippen LogP contribution in [0.4, 0.5) is 4.79 Å². The molecule has 0 bridgehead atoms. The maximum Gasteiger partial charge on any atom is 0.289 e. The lowest BCUT2D eigenvalue weighted by Gasteiger charge is -2.16. The highest BCUT2D eigenvalue weighted by atomic mass is 32.2. The van der Waals surface area contributed by atoms with Crippen molar-refractivity contribution >= 4 is 44.7 Å². The maximum absolute atomic E-state index is 11.9. The zero-order chi connectivity index (χ0) is 15.1. The quantitative estimate of drug-likeness (QED) is 0.679. The summed E-state index contributed by atoms with van der Waals surface area (Å²) in [4.78, 5) is 29.8. The third kappa shape index (κ3) is 2.05. The topological polar surface area (TPSA) is 50.3 Å². The van der Waals surface area contributed by atoms with Crippen LogP contribution < -0.4 is 0 Å². The monoisotopic (exact) mass is 308 g/mol. The first-order valence-electron chi connectivity index (χ1n) is 6.97. The molecule has 1 aliphatic heterocycles. The first kappa shape index (κ1) is 13.3. The summed E-state index contributed by atoms with van der Waals surface area (Å²) in [6.07, 6.45) is 0. The Hall–Kier alpha value is -2.40. The van der Waals surface area contributed by atoms with Crippen molar-refractivity contribution in [2.75, 3.05) is 5.75 Å². The Morgan fingerprint density at radius 3 is 2.09 bits per heavy atom. The summed E-state index contributed by atoms with van der Waals surface area (Å²) >= 11 is 1.07. The molecule has 2 heterocycles. The minimum Gasteiger partial charge on any atom is -0.273 e. The molecule has 0 spiro atoms. The van der Waals surface area contributed by atoms with Crippen molar-refractivity contribution in [3.8, 4) is 0 Å². The summed E-state index contributed by atoms with van der Waals surface area (Å²) in [5, 5.41) is 1.80. The first-order valence-corrected chi connectivity index (χ1v) is 7.96. The van der Waals surface area contributed by atoms with E-state index in [0.29, 0.717) is 6.54 Å². The summed E-state index contributed by atoms with van der Waals surface area (Å²) in [6.45, 7) is 0.300. The van der Waals surface area contributed by atoms with Gasteiger partial charge in [-0.2, -0.15) is 0 Å². The third-order valence-corrected chi connectivity index (χ3v) is 4.71. The van der Waals surface area contributed by atoms with E-state index in [9.17, 15) is 9.59 Å². The van der Waals surface area contributed by atoms with Crippen LogP contribution in [-0.4, -0.2) is 26.8 Å². The highest BCUT2D eigenvalue weighted by Gasteiger charge is 2.30. The van der Waals surface area contributed by atoms with E-state index in [-0.39, 0.29) is 16.9 Å². The van der Waals surface area contributed by atoms with Gasteiger partial charge in [0.2, 0.25) is 5.91 Å². The highest BCUT2D eigenvalue weighted by Crippen LogP contribution is 2.29. The molecule has 1 aromatic heterocycles. The summed E-state index contributed by atoms with van der Waals surface area (Å²) in [7, 11) is 0. The molecule has 0 atom stereocenters. The number of amides is 2. The van der Waals surface area contributed by atoms with E-state index in [0.717, 1.165) is 39.1 Å². The van der Waals surface area contributed by atoms with Gasteiger partial charge in [0.05, 0.1) is 23.3 Å². The number of hydrogen-bond donors (Lipinski definition) is 0. The van der Waals surface area contributed by atoms with E-state index in [1.54, 1.807) is 0 Å². The van der Waals surface area contributed by atoms with Gasteiger partial charge in [0.1, 0.15) is 0 Å². The van der Waals surface area contributed by atoms with Gasteiger partial charge in [-0.15, -0.1) is 0 Å². The average Bonchev–Trinajstić information content (AvgIpc) is 2.86. The molecule has 108 valence electrons. The number of thioether (sulfide) groups is 1. The molecule has 3 aromatic rings. The standard InChI is InChI=1S/C17H12N2O2S/c20-16-10-22-17(21)19(16)9-13-11-5-1-3-7-14(11)18-15-8-4-2-6-12(13)15/h1-8H,9-10H2. The number of hydrogen-bond acceptors (Lipinski definition) is 4. The van der Waals surface area contributed by atoms with Gasteiger partial charge in [0.25, 0.3) is 5.24 Å². The molecule has 4 rings (SSSR count). The van der Waals surface area contributed by atoms with Crippen molar-refractivity contribution in [3.63, 3.8) is 0 Å². The zero-order valence-corrected chi connectivity index (χ0v) is 12.5. The number of imide groups is 1. The molecule has 0 aliphatic carbocycles. The first-order chi connectivity index (χ1) is 10.7. The van der Waals surface area contributed by atoms with Crippen LogP contribution in [0.15, 0.2) is 48.5 Å². The number of pyridine rings is 1. The smallest absolute Gasteiger partial charge is 0.273 e. The Balaban J connectivity index is 1.96. The molecular weight excluding hydrogens is 296 g/mol. The number of aromatic nitrogens is 1. The SMILES string of the molecule is O=C1CSC(=O)N1Cc1c2ccccc2nc2ccccc12. The molecule has 22 heavy (non-hydrogen) atoms. The average molecular weight is 308 g/mol. The van der Waals surface area contributed by atoms with Crippen LogP contribution in [0.1, 0.15) is 5.56 Å². The molecule has 0 saturated carbocycles.